The minimum Gasteiger partial charge on any atom is -0.104 e. The second-order valence-corrected chi connectivity index (χ2v) is 1.51. The van der Waals surface area contributed by atoms with E-state index < -0.39 is 0 Å². The van der Waals surface area contributed by atoms with Crippen LogP contribution in [-0.4, -0.2) is 7.28 Å². The summed E-state index contributed by atoms with van der Waals surface area (Å²) in [4.78, 5) is 0. The van der Waals surface area contributed by atoms with Crippen molar-refractivity contribution in [2.45, 2.75) is 12.6 Å². The Morgan fingerprint density at radius 3 is 1.86 bits per heavy atom. The van der Waals surface area contributed by atoms with E-state index in [1.54, 1.807) is 0 Å². The summed E-state index contributed by atoms with van der Waals surface area (Å²) >= 11 is 0. The molecule has 0 bridgehead atoms. The lowest BCUT2D eigenvalue weighted by Crippen LogP contribution is -1.79. The molecule has 0 saturated heterocycles. The predicted molar refractivity (Wildman–Crippen MR) is 37.2 cm³/mol. The fraction of sp³-hybridized carbons (Fsp3) is 0.333. The van der Waals surface area contributed by atoms with Gasteiger partial charge >= 0.3 is 0 Å². The van der Waals surface area contributed by atoms with Crippen molar-refractivity contribution in [3.63, 3.8) is 0 Å². The Bertz CT molecular complexity index is 49.2. The molecule has 0 heterocycles. The number of rotatable bonds is 4. The van der Waals surface area contributed by atoms with Crippen LogP contribution in [0.25, 0.3) is 0 Å². The molecule has 0 aromatic heterocycles. The molecule has 0 aromatic rings. The molecule has 0 unspecified atom stereocenters. The Hall–Kier alpha value is -0.455. The second-order valence-electron chi connectivity index (χ2n) is 1.51. The molecule has 0 rings (SSSR count). The molecule has 0 aliphatic carbocycles. The van der Waals surface area contributed by atoms with Crippen LogP contribution in [0.5, 0.6) is 0 Å². The van der Waals surface area contributed by atoms with Crippen molar-refractivity contribution in [2.24, 2.45) is 0 Å². The topological polar surface area (TPSA) is 0 Å². The van der Waals surface area contributed by atoms with E-state index in [1.165, 1.54) is 7.28 Å². The van der Waals surface area contributed by atoms with Crippen LogP contribution in [0.4, 0.5) is 0 Å². The summed E-state index contributed by atoms with van der Waals surface area (Å²) in [5.74, 6) is 0. The summed E-state index contributed by atoms with van der Waals surface area (Å²) in [6.45, 7) is 7.20. The summed E-state index contributed by atoms with van der Waals surface area (Å²) in [5, 5.41) is 0. The molecule has 0 fully saturated rings. The highest BCUT2D eigenvalue weighted by Gasteiger charge is 1.78. The second kappa shape index (κ2) is 5.54. The van der Waals surface area contributed by atoms with Gasteiger partial charge in [0.15, 0.2) is 0 Å². The molecule has 0 radical (unpaired) electrons. The van der Waals surface area contributed by atoms with Crippen molar-refractivity contribution in [3.8, 4) is 0 Å². The standard InChI is InChI=1S/C6H11B/c1-3-5-7-6-4-2/h3-4,7H,1-2,5-6H2. The maximum atomic E-state index is 3.60. The fourth-order valence-electron chi connectivity index (χ4n) is 0.407. The summed E-state index contributed by atoms with van der Waals surface area (Å²) in [7, 11) is 1.20. The van der Waals surface area contributed by atoms with Crippen molar-refractivity contribution >= 4 is 7.28 Å². The Kier molecular flexibility index (Phi) is 5.18. The van der Waals surface area contributed by atoms with E-state index >= 15 is 0 Å². The molecule has 0 nitrogen and oxygen atoms in total. The quantitative estimate of drug-likeness (QED) is 0.282. The van der Waals surface area contributed by atoms with Crippen molar-refractivity contribution in [3.05, 3.63) is 25.3 Å². The van der Waals surface area contributed by atoms with Gasteiger partial charge in [0.05, 0.1) is 0 Å². The van der Waals surface area contributed by atoms with Gasteiger partial charge in [0.25, 0.3) is 0 Å². The third-order valence-corrected chi connectivity index (χ3v) is 0.816. The summed E-state index contributed by atoms with van der Waals surface area (Å²) in [6, 6.07) is 0. The van der Waals surface area contributed by atoms with Crippen molar-refractivity contribution < 1.29 is 0 Å². The SMILES string of the molecule is C=CCBCC=C. The van der Waals surface area contributed by atoms with Crippen LogP contribution in [0.1, 0.15) is 0 Å². The van der Waals surface area contributed by atoms with Gasteiger partial charge in [-0.25, -0.2) is 0 Å². The lowest BCUT2D eigenvalue weighted by atomic mass is 9.71. The molecular formula is C6H11B. The molecule has 0 amide bonds. The molecule has 0 saturated carbocycles. The van der Waals surface area contributed by atoms with Crippen LogP contribution in [-0.2, 0) is 0 Å². The van der Waals surface area contributed by atoms with E-state index in [0.717, 1.165) is 12.6 Å². The van der Waals surface area contributed by atoms with Gasteiger partial charge in [-0.3, -0.25) is 0 Å². The van der Waals surface area contributed by atoms with Gasteiger partial charge in [0.1, 0.15) is 7.28 Å². The molecule has 0 atom stereocenters. The molecule has 0 aliphatic rings. The molecule has 0 aromatic carbocycles. The summed E-state index contributed by atoms with van der Waals surface area (Å²) in [5.41, 5.74) is 0. The third kappa shape index (κ3) is 5.54. The van der Waals surface area contributed by atoms with Crippen molar-refractivity contribution in [1.29, 1.82) is 0 Å². The van der Waals surface area contributed by atoms with Crippen LogP contribution in [0.15, 0.2) is 25.3 Å². The Morgan fingerprint density at radius 1 is 1.14 bits per heavy atom. The lowest BCUT2D eigenvalue weighted by molar-refractivity contribution is 1.60. The number of hydrogen-bond donors (Lipinski definition) is 0. The first kappa shape index (κ1) is 6.54. The van der Waals surface area contributed by atoms with E-state index in [9.17, 15) is 0 Å². The van der Waals surface area contributed by atoms with Crippen LogP contribution in [0.2, 0.25) is 12.6 Å². The van der Waals surface area contributed by atoms with Gasteiger partial charge in [-0.1, -0.05) is 24.8 Å². The average Bonchev–Trinajstić information content (AvgIpc) is 1.69. The van der Waals surface area contributed by atoms with Gasteiger partial charge in [-0.05, 0) is 0 Å². The van der Waals surface area contributed by atoms with Gasteiger partial charge in [-0.2, -0.15) is 0 Å². The van der Waals surface area contributed by atoms with Crippen LogP contribution in [0.3, 0.4) is 0 Å². The zero-order valence-electron chi connectivity index (χ0n) is 4.69. The molecule has 7 heavy (non-hydrogen) atoms. The molecule has 0 spiro atoms. The molecule has 1 heteroatoms. The van der Waals surface area contributed by atoms with Gasteiger partial charge < -0.3 is 0 Å². The third-order valence-electron chi connectivity index (χ3n) is 0.816. The molecular weight excluding hydrogens is 82.9 g/mol. The van der Waals surface area contributed by atoms with E-state index in [4.69, 9.17) is 0 Å². The van der Waals surface area contributed by atoms with E-state index in [1.807, 2.05) is 12.2 Å². The Labute approximate surface area is 46.2 Å². The highest BCUT2D eigenvalue weighted by atomic mass is 13.6. The molecule has 0 N–H and O–H groups in total. The Morgan fingerprint density at radius 2 is 1.57 bits per heavy atom. The predicted octanol–water partition coefficient (Wildman–Crippen LogP) is 1.63. The van der Waals surface area contributed by atoms with Gasteiger partial charge in [-0.15, -0.1) is 13.2 Å². The first-order valence-electron chi connectivity index (χ1n) is 2.63. The highest BCUT2D eigenvalue weighted by Crippen LogP contribution is 1.84. The zero-order chi connectivity index (χ0) is 5.54. The monoisotopic (exact) mass is 94.1 g/mol. The minimum absolute atomic E-state index is 1.12. The van der Waals surface area contributed by atoms with E-state index in [-0.39, 0.29) is 0 Å². The summed E-state index contributed by atoms with van der Waals surface area (Å²) < 4.78 is 0. The highest BCUT2D eigenvalue weighted by molar-refractivity contribution is 6.36. The molecule has 0 aliphatic heterocycles. The van der Waals surface area contributed by atoms with E-state index in [0.29, 0.717) is 0 Å². The number of hydrogen-bond acceptors (Lipinski definition) is 0. The van der Waals surface area contributed by atoms with Gasteiger partial charge in [0.2, 0.25) is 0 Å². The van der Waals surface area contributed by atoms with E-state index in [2.05, 4.69) is 13.2 Å². The minimum atomic E-state index is 1.12. The van der Waals surface area contributed by atoms with Crippen LogP contribution in [0, 0.1) is 0 Å². The summed E-state index contributed by atoms with van der Waals surface area (Å²) in [6.07, 6.45) is 6.10. The number of allylic oxidation sites excluding steroid dienone is 2. The van der Waals surface area contributed by atoms with Crippen molar-refractivity contribution in [1.82, 2.24) is 0 Å². The van der Waals surface area contributed by atoms with Crippen LogP contribution < -0.4 is 0 Å². The average molecular weight is 94.0 g/mol. The van der Waals surface area contributed by atoms with Gasteiger partial charge in [0, 0.05) is 0 Å². The fourth-order valence-corrected chi connectivity index (χ4v) is 0.407. The smallest absolute Gasteiger partial charge is 0.104 e. The largest absolute Gasteiger partial charge is 0.129 e. The first-order valence-corrected chi connectivity index (χ1v) is 2.63. The lowest BCUT2D eigenvalue weighted by Gasteiger charge is -1.80. The maximum Gasteiger partial charge on any atom is 0.129 e. The van der Waals surface area contributed by atoms with Crippen molar-refractivity contribution in [2.75, 3.05) is 0 Å². The first-order chi connectivity index (χ1) is 3.41. The zero-order valence-corrected chi connectivity index (χ0v) is 4.69. The van der Waals surface area contributed by atoms with Crippen LogP contribution >= 0.6 is 0 Å². The Balaban J connectivity index is 2.68. The normalized spacial score (nSPS) is 7.43. The molecule has 38 valence electrons. The maximum absolute atomic E-state index is 3.60.